The van der Waals surface area contributed by atoms with Crippen LogP contribution in [-0.2, 0) is 11.3 Å². The number of benzene rings is 1. The zero-order valence-electron chi connectivity index (χ0n) is 8.54. The van der Waals surface area contributed by atoms with Gasteiger partial charge < -0.3 is 4.74 Å². The average molecular weight is 302 g/mol. The largest absolute Gasteiger partial charge is 0.378 e. The SMILES string of the molecule is COCc1csc(-c2ccc(F)c(Br)c2)n1. The molecule has 2 nitrogen and oxygen atoms in total. The summed E-state index contributed by atoms with van der Waals surface area (Å²) < 4.78 is 18.5. The van der Waals surface area contributed by atoms with Crippen molar-refractivity contribution in [1.29, 1.82) is 0 Å². The highest BCUT2D eigenvalue weighted by molar-refractivity contribution is 9.10. The zero-order chi connectivity index (χ0) is 11.5. The van der Waals surface area contributed by atoms with Crippen LogP contribution >= 0.6 is 27.3 Å². The van der Waals surface area contributed by atoms with Crippen molar-refractivity contribution in [2.24, 2.45) is 0 Å². The van der Waals surface area contributed by atoms with Crippen molar-refractivity contribution < 1.29 is 9.13 Å². The van der Waals surface area contributed by atoms with Crippen LogP contribution in [0.4, 0.5) is 4.39 Å². The lowest BCUT2D eigenvalue weighted by Gasteiger charge is -1.98. The van der Waals surface area contributed by atoms with Gasteiger partial charge >= 0.3 is 0 Å². The maximum atomic E-state index is 13.1. The minimum atomic E-state index is -0.266. The average Bonchev–Trinajstić information content (AvgIpc) is 2.71. The molecular weight excluding hydrogens is 293 g/mol. The van der Waals surface area contributed by atoms with E-state index in [2.05, 4.69) is 20.9 Å². The zero-order valence-corrected chi connectivity index (χ0v) is 10.9. The van der Waals surface area contributed by atoms with Gasteiger partial charge in [-0.3, -0.25) is 0 Å². The van der Waals surface area contributed by atoms with Gasteiger partial charge in [-0.1, -0.05) is 0 Å². The molecule has 0 unspecified atom stereocenters. The molecule has 1 aromatic carbocycles. The fourth-order valence-corrected chi connectivity index (χ4v) is 2.46. The summed E-state index contributed by atoms with van der Waals surface area (Å²) in [5.74, 6) is -0.266. The normalized spacial score (nSPS) is 10.7. The number of rotatable bonds is 3. The van der Waals surface area contributed by atoms with E-state index in [1.165, 1.54) is 17.4 Å². The number of thiazole rings is 1. The van der Waals surface area contributed by atoms with Crippen molar-refractivity contribution >= 4 is 27.3 Å². The van der Waals surface area contributed by atoms with Crippen molar-refractivity contribution in [2.45, 2.75) is 6.61 Å². The lowest BCUT2D eigenvalue weighted by Crippen LogP contribution is -1.87. The molecule has 0 bridgehead atoms. The van der Waals surface area contributed by atoms with Crippen molar-refractivity contribution in [1.82, 2.24) is 4.98 Å². The predicted octanol–water partition coefficient (Wildman–Crippen LogP) is 3.86. The monoisotopic (exact) mass is 301 g/mol. The predicted molar refractivity (Wildman–Crippen MR) is 65.9 cm³/mol. The number of hydrogen-bond donors (Lipinski definition) is 0. The minimum Gasteiger partial charge on any atom is -0.378 e. The molecule has 0 aliphatic heterocycles. The molecule has 5 heteroatoms. The molecule has 0 aliphatic rings. The second-order valence-corrected chi connectivity index (χ2v) is 4.92. The molecule has 0 N–H and O–H groups in total. The van der Waals surface area contributed by atoms with E-state index in [4.69, 9.17) is 4.74 Å². The fraction of sp³-hybridized carbons (Fsp3) is 0.182. The Hall–Kier alpha value is -0.780. The van der Waals surface area contributed by atoms with Crippen LogP contribution in [0.3, 0.4) is 0 Å². The standard InChI is InChI=1S/C11H9BrFNOS/c1-15-5-8-6-16-11(14-8)7-2-3-10(13)9(12)4-7/h2-4,6H,5H2,1H3. The Kier molecular flexibility index (Phi) is 3.68. The summed E-state index contributed by atoms with van der Waals surface area (Å²) in [7, 11) is 1.63. The minimum absolute atomic E-state index is 0.266. The van der Waals surface area contributed by atoms with Gasteiger partial charge in [0.1, 0.15) is 10.8 Å². The first-order valence-corrected chi connectivity index (χ1v) is 6.26. The summed E-state index contributed by atoms with van der Waals surface area (Å²) in [5, 5.41) is 2.81. The van der Waals surface area contributed by atoms with E-state index < -0.39 is 0 Å². The van der Waals surface area contributed by atoms with Crippen LogP contribution in [0.25, 0.3) is 10.6 Å². The van der Waals surface area contributed by atoms with Gasteiger partial charge in [0.15, 0.2) is 0 Å². The highest BCUT2D eigenvalue weighted by Gasteiger charge is 2.07. The molecule has 0 fully saturated rings. The van der Waals surface area contributed by atoms with Crippen molar-refractivity contribution in [3.05, 3.63) is 39.6 Å². The first-order valence-electron chi connectivity index (χ1n) is 4.59. The molecule has 0 radical (unpaired) electrons. The van der Waals surface area contributed by atoms with Gasteiger partial charge in [0, 0.05) is 18.1 Å². The molecule has 0 spiro atoms. The lowest BCUT2D eigenvalue weighted by atomic mass is 10.2. The molecule has 0 atom stereocenters. The van der Waals surface area contributed by atoms with Crippen LogP contribution in [0.15, 0.2) is 28.1 Å². The van der Waals surface area contributed by atoms with E-state index in [1.807, 2.05) is 5.38 Å². The molecule has 2 aromatic rings. The third kappa shape index (κ3) is 2.48. The second-order valence-electron chi connectivity index (χ2n) is 3.21. The first-order chi connectivity index (χ1) is 7.70. The van der Waals surface area contributed by atoms with Crippen molar-refractivity contribution in [2.75, 3.05) is 7.11 Å². The van der Waals surface area contributed by atoms with Crippen molar-refractivity contribution in [3.8, 4) is 10.6 Å². The molecule has 0 aliphatic carbocycles. The quantitative estimate of drug-likeness (QED) is 0.859. The van der Waals surface area contributed by atoms with Crippen LogP contribution in [0.1, 0.15) is 5.69 Å². The van der Waals surface area contributed by atoms with E-state index in [0.29, 0.717) is 11.1 Å². The van der Waals surface area contributed by atoms with Gasteiger partial charge in [-0.15, -0.1) is 11.3 Å². The van der Waals surface area contributed by atoms with E-state index >= 15 is 0 Å². The Morgan fingerprint density at radius 1 is 1.50 bits per heavy atom. The third-order valence-corrected chi connectivity index (χ3v) is 3.56. The van der Waals surface area contributed by atoms with Crippen molar-refractivity contribution in [3.63, 3.8) is 0 Å². The third-order valence-electron chi connectivity index (χ3n) is 2.01. The van der Waals surface area contributed by atoms with Gasteiger partial charge in [0.05, 0.1) is 16.8 Å². The molecule has 1 aromatic heterocycles. The maximum Gasteiger partial charge on any atom is 0.137 e. The van der Waals surface area contributed by atoms with Crippen LogP contribution < -0.4 is 0 Å². The summed E-state index contributed by atoms with van der Waals surface area (Å²) in [6.07, 6.45) is 0. The first kappa shape index (κ1) is 11.7. The molecular formula is C11H9BrFNOS. The molecule has 16 heavy (non-hydrogen) atoms. The molecule has 2 rings (SSSR count). The smallest absolute Gasteiger partial charge is 0.137 e. The lowest BCUT2D eigenvalue weighted by molar-refractivity contribution is 0.182. The van der Waals surface area contributed by atoms with E-state index in [-0.39, 0.29) is 5.82 Å². The number of halogens is 2. The Morgan fingerprint density at radius 2 is 2.31 bits per heavy atom. The van der Waals surface area contributed by atoms with Crippen LogP contribution in [0.2, 0.25) is 0 Å². The van der Waals surface area contributed by atoms with E-state index in [9.17, 15) is 4.39 Å². The molecule has 0 saturated heterocycles. The van der Waals surface area contributed by atoms with E-state index in [1.54, 1.807) is 19.2 Å². The number of ether oxygens (including phenoxy) is 1. The summed E-state index contributed by atoms with van der Waals surface area (Å²) in [6, 6.07) is 4.87. The Balaban J connectivity index is 2.31. The Morgan fingerprint density at radius 3 is 3.00 bits per heavy atom. The Bertz CT molecular complexity index is 500. The molecule has 1 heterocycles. The summed E-state index contributed by atoms with van der Waals surface area (Å²) in [5.41, 5.74) is 1.79. The highest BCUT2D eigenvalue weighted by atomic mass is 79.9. The summed E-state index contributed by atoms with van der Waals surface area (Å²) >= 11 is 4.68. The molecule has 0 amide bonds. The van der Waals surface area contributed by atoms with Gasteiger partial charge in [0.25, 0.3) is 0 Å². The molecule has 84 valence electrons. The van der Waals surface area contributed by atoms with Crippen LogP contribution in [-0.4, -0.2) is 12.1 Å². The number of aromatic nitrogens is 1. The summed E-state index contributed by atoms with van der Waals surface area (Å²) in [6.45, 7) is 0.499. The fourth-order valence-electron chi connectivity index (χ4n) is 1.28. The van der Waals surface area contributed by atoms with Gasteiger partial charge in [0.2, 0.25) is 0 Å². The van der Waals surface area contributed by atoms with Gasteiger partial charge in [-0.25, -0.2) is 9.37 Å². The van der Waals surface area contributed by atoms with Gasteiger partial charge in [-0.05, 0) is 34.1 Å². The highest BCUT2D eigenvalue weighted by Crippen LogP contribution is 2.27. The number of nitrogens with zero attached hydrogens (tertiary/aromatic N) is 1. The maximum absolute atomic E-state index is 13.1. The Labute approximate surface area is 105 Å². The van der Waals surface area contributed by atoms with Crippen LogP contribution in [0.5, 0.6) is 0 Å². The molecule has 0 saturated carbocycles. The number of hydrogen-bond acceptors (Lipinski definition) is 3. The van der Waals surface area contributed by atoms with Gasteiger partial charge in [-0.2, -0.15) is 0 Å². The van der Waals surface area contributed by atoms with E-state index in [0.717, 1.165) is 16.3 Å². The number of methoxy groups -OCH3 is 1. The topological polar surface area (TPSA) is 22.1 Å². The second kappa shape index (κ2) is 5.03. The van der Waals surface area contributed by atoms with Crippen LogP contribution in [0, 0.1) is 5.82 Å². The summed E-state index contributed by atoms with van der Waals surface area (Å²) in [4.78, 5) is 4.39.